The third-order valence-electron chi connectivity index (χ3n) is 3.39. The van der Waals surface area contributed by atoms with Crippen molar-refractivity contribution in [3.8, 4) is 5.75 Å². The van der Waals surface area contributed by atoms with Crippen molar-refractivity contribution in [1.29, 1.82) is 0 Å². The minimum atomic E-state index is 0.140. The number of aromatic nitrogens is 1. The van der Waals surface area contributed by atoms with Crippen molar-refractivity contribution in [2.45, 2.75) is 6.04 Å². The van der Waals surface area contributed by atoms with Crippen LogP contribution in [0.15, 0.2) is 48.0 Å². The minimum absolute atomic E-state index is 0.140. The lowest BCUT2D eigenvalue weighted by atomic mass is 10.0. The molecule has 3 aromatic rings. The number of hydrogen-bond donors (Lipinski definition) is 1. The van der Waals surface area contributed by atoms with Gasteiger partial charge in [0.2, 0.25) is 0 Å². The minimum Gasteiger partial charge on any atom is -0.497 e. The molecule has 0 aliphatic rings. The first-order valence-electron chi connectivity index (χ1n) is 6.46. The Bertz CT molecular complexity index is 710. The van der Waals surface area contributed by atoms with Gasteiger partial charge in [0.1, 0.15) is 10.8 Å². The van der Waals surface area contributed by atoms with Crippen molar-refractivity contribution in [2.24, 2.45) is 0 Å². The van der Waals surface area contributed by atoms with Crippen molar-refractivity contribution in [1.82, 2.24) is 10.3 Å². The van der Waals surface area contributed by atoms with Crippen LogP contribution in [0.4, 0.5) is 0 Å². The molecule has 1 aromatic heterocycles. The smallest absolute Gasteiger partial charge is 0.119 e. The summed E-state index contributed by atoms with van der Waals surface area (Å²) in [6.45, 7) is 0. The molecule has 1 unspecified atom stereocenters. The Morgan fingerprint density at radius 2 is 1.95 bits per heavy atom. The van der Waals surface area contributed by atoms with Crippen LogP contribution in [0.1, 0.15) is 16.6 Å². The molecule has 0 aliphatic heterocycles. The molecule has 0 saturated heterocycles. The van der Waals surface area contributed by atoms with E-state index >= 15 is 0 Å². The van der Waals surface area contributed by atoms with E-state index in [4.69, 9.17) is 4.74 Å². The van der Waals surface area contributed by atoms with Crippen LogP contribution in [-0.4, -0.2) is 19.1 Å². The number of hydrogen-bond acceptors (Lipinski definition) is 4. The molecule has 20 heavy (non-hydrogen) atoms. The molecule has 1 N–H and O–H groups in total. The summed E-state index contributed by atoms with van der Waals surface area (Å²) in [6.07, 6.45) is 1.84. The molecule has 102 valence electrons. The van der Waals surface area contributed by atoms with E-state index < -0.39 is 0 Å². The van der Waals surface area contributed by atoms with E-state index in [1.165, 1.54) is 16.3 Å². The van der Waals surface area contributed by atoms with Gasteiger partial charge in [0.05, 0.1) is 13.2 Å². The zero-order valence-corrected chi connectivity index (χ0v) is 12.3. The number of thiazole rings is 1. The highest BCUT2D eigenvalue weighted by molar-refractivity contribution is 7.09. The molecule has 1 atom stereocenters. The molecule has 3 nitrogen and oxygen atoms in total. The monoisotopic (exact) mass is 284 g/mol. The summed E-state index contributed by atoms with van der Waals surface area (Å²) in [7, 11) is 3.65. The maximum atomic E-state index is 5.26. The molecule has 0 amide bonds. The summed E-state index contributed by atoms with van der Waals surface area (Å²) in [5, 5.41) is 8.81. The van der Waals surface area contributed by atoms with Gasteiger partial charge in [-0.15, -0.1) is 11.3 Å². The lowest BCUT2D eigenvalue weighted by molar-refractivity contribution is 0.415. The van der Waals surface area contributed by atoms with Gasteiger partial charge in [-0.25, -0.2) is 4.98 Å². The van der Waals surface area contributed by atoms with E-state index in [0.717, 1.165) is 10.8 Å². The first kappa shape index (κ1) is 13.1. The van der Waals surface area contributed by atoms with Crippen molar-refractivity contribution < 1.29 is 4.74 Å². The number of methoxy groups -OCH3 is 1. The van der Waals surface area contributed by atoms with Crippen molar-refractivity contribution in [3.05, 3.63) is 58.5 Å². The average molecular weight is 284 g/mol. The number of nitrogens with one attached hydrogen (secondary N) is 1. The van der Waals surface area contributed by atoms with Crippen molar-refractivity contribution in [2.75, 3.05) is 14.2 Å². The molecule has 2 aromatic carbocycles. The Labute approximate surface area is 122 Å². The van der Waals surface area contributed by atoms with Gasteiger partial charge in [0.25, 0.3) is 0 Å². The van der Waals surface area contributed by atoms with Crippen LogP contribution in [-0.2, 0) is 0 Å². The molecule has 4 heteroatoms. The second kappa shape index (κ2) is 5.61. The Morgan fingerprint density at radius 3 is 2.65 bits per heavy atom. The molecule has 0 bridgehead atoms. The largest absolute Gasteiger partial charge is 0.497 e. The topological polar surface area (TPSA) is 34.1 Å². The standard InChI is InChI=1S/C16H16N2OS/c1-17-15(16-18-7-8-20-16)13-4-3-12-10-14(19-2)6-5-11(12)9-13/h3-10,15,17H,1-2H3. The predicted octanol–water partition coefficient (Wildman–Crippen LogP) is 3.61. The molecule has 0 saturated carbocycles. The molecule has 1 heterocycles. The van der Waals surface area contributed by atoms with Crippen LogP contribution < -0.4 is 10.1 Å². The van der Waals surface area contributed by atoms with Crippen molar-refractivity contribution in [3.63, 3.8) is 0 Å². The van der Waals surface area contributed by atoms with Gasteiger partial charge >= 0.3 is 0 Å². The number of ether oxygens (including phenoxy) is 1. The highest BCUT2D eigenvalue weighted by Gasteiger charge is 2.14. The predicted molar refractivity (Wildman–Crippen MR) is 83.5 cm³/mol. The third-order valence-corrected chi connectivity index (χ3v) is 4.23. The summed E-state index contributed by atoms with van der Waals surface area (Å²) in [4.78, 5) is 4.41. The van der Waals surface area contributed by atoms with Crippen LogP contribution in [0, 0.1) is 0 Å². The molecule has 0 aliphatic carbocycles. The van der Waals surface area contributed by atoms with E-state index in [0.29, 0.717) is 0 Å². The number of fused-ring (bicyclic) bond motifs is 1. The second-order valence-electron chi connectivity index (χ2n) is 4.56. The fourth-order valence-electron chi connectivity index (χ4n) is 2.36. The molecule has 0 fully saturated rings. The highest BCUT2D eigenvalue weighted by Crippen LogP contribution is 2.28. The maximum Gasteiger partial charge on any atom is 0.119 e. The lowest BCUT2D eigenvalue weighted by Crippen LogP contribution is -2.17. The Kier molecular flexibility index (Phi) is 3.67. The normalized spacial score (nSPS) is 12.5. The Morgan fingerprint density at radius 1 is 1.15 bits per heavy atom. The first-order valence-corrected chi connectivity index (χ1v) is 7.34. The van der Waals surface area contributed by atoms with Crippen LogP contribution in [0.5, 0.6) is 5.75 Å². The van der Waals surface area contributed by atoms with Crippen LogP contribution in [0.3, 0.4) is 0 Å². The van der Waals surface area contributed by atoms with Gasteiger partial charge in [-0.05, 0) is 41.6 Å². The van der Waals surface area contributed by atoms with Gasteiger partial charge in [0.15, 0.2) is 0 Å². The van der Waals surface area contributed by atoms with Gasteiger partial charge in [-0.1, -0.05) is 18.2 Å². The van der Waals surface area contributed by atoms with Gasteiger partial charge in [-0.3, -0.25) is 0 Å². The van der Waals surface area contributed by atoms with E-state index in [1.54, 1.807) is 18.4 Å². The quantitative estimate of drug-likeness (QED) is 0.794. The van der Waals surface area contributed by atoms with Gasteiger partial charge < -0.3 is 10.1 Å². The molecule has 0 spiro atoms. The van der Waals surface area contributed by atoms with Gasteiger partial charge in [0, 0.05) is 11.6 Å². The first-order chi connectivity index (χ1) is 9.81. The van der Waals surface area contributed by atoms with E-state index in [1.807, 2.05) is 24.7 Å². The molecular weight excluding hydrogens is 268 g/mol. The fourth-order valence-corrected chi connectivity index (χ4v) is 3.13. The van der Waals surface area contributed by atoms with Crippen LogP contribution in [0.25, 0.3) is 10.8 Å². The fraction of sp³-hybridized carbons (Fsp3) is 0.188. The second-order valence-corrected chi connectivity index (χ2v) is 5.49. The maximum absolute atomic E-state index is 5.26. The summed E-state index contributed by atoms with van der Waals surface area (Å²) in [5.74, 6) is 0.885. The van der Waals surface area contributed by atoms with E-state index in [9.17, 15) is 0 Å². The Balaban J connectivity index is 2.04. The van der Waals surface area contributed by atoms with Crippen molar-refractivity contribution >= 4 is 22.1 Å². The van der Waals surface area contributed by atoms with Crippen LogP contribution in [0.2, 0.25) is 0 Å². The Hall–Kier alpha value is -1.91. The lowest BCUT2D eigenvalue weighted by Gasteiger charge is -2.15. The van der Waals surface area contributed by atoms with E-state index in [-0.39, 0.29) is 6.04 Å². The highest BCUT2D eigenvalue weighted by atomic mass is 32.1. The average Bonchev–Trinajstić information content (AvgIpc) is 3.01. The van der Waals surface area contributed by atoms with Crippen LogP contribution >= 0.6 is 11.3 Å². The summed E-state index contributed by atoms with van der Waals surface area (Å²) in [6, 6.07) is 12.8. The molecule has 3 rings (SSSR count). The molecular formula is C16H16N2OS. The van der Waals surface area contributed by atoms with E-state index in [2.05, 4.69) is 40.6 Å². The zero-order chi connectivity index (χ0) is 13.9. The number of nitrogens with zero attached hydrogens (tertiary/aromatic N) is 1. The zero-order valence-electron chi connectivity index (χ0n) is 11.5. The number of benzene rings is 2. The summed E-state index contributed by atoms with van der Waals surface area (Å²) < 4.78 is 5.26. The third kappa shape index (κ3) is 2.40. The SMILES string of the molecule is CNC(c1ccc2cc(OC)ccc2c1)c1nccs1. The summed E-state index contributed by atoms with van der Waals surface area (Å²) >= 11 is 1.67. The summed E-state index contributed by atoms with van der Waals surface area (Å²) in [5.41, 5.74) is 1.22. The number of rotatable bonds is 4. The van der Waals surface area contributed by atoms with Gasteiger partial charge in [-0.2, -0.15) is 0 Å². The molecule has 0 radical (unpaired) electrons.